The first-order valence-electron chi connectivity index (χ1n) is 12.8. The maximum atomic E-state index is 12.7. The summed E-state index contributed by atoms with van der Waals surface area (Å²) in [4.78, 5) is 48.8. The normalized spacial score (nSPS) is 13.1. The highest BCUT2D eigenvalue weighted by Gasteiger charge is 2.38. The third kappa shape index (κ3) is 11.6. The Bertz CT molecular complexity index is 902. The van der Waals surface area contributed by atoms with Crippen LogP contribution in [0.15, 0.2) is 18.2 Å². The summed E-state index contributed by atoms with van der Waals surface area (Å²) in [6.45, 7) is 7.57. The van der Waals surface area contributed by atoms with Gasteiger partial charge < -0.3 is 29.4 Å². The minimum absolute atomic E-state index is 0.0273. The highest BCUT2D eigenvalue weighted by molar-refractivity contribution is 5.81. The summed E-state index contributed by atoms with van der Waals surface area (Å²) in [6.07, 6.45) is 2.56. The van der Waals surface area contributed by atoms with Gasteiger partial charge in [-0.1, -0.05) is 39.7 Å². The number of esters is 3. The number of benzene rings is 1. The van der Waals surface area contributed by atoms with Crippen LogP contribution in [0.1, 0.15) is 84.6 Å². The lowest BCUT2D eigenvalue weighted by Crippen LogP contribution is -2.53. The van der Waals surface area contributed by atoms with Gasteiger partial charge in [-0.3, -0.25) is 14.4 Å². The molecule has 208 valence electrons. The van der Waals surface area contributed by atoms with E-state index in [2.05, 4.69) is 0 Å². The molecule has 0 heterocycles. The molecule has 0 bridgehead atoms. The molecule has 0 aliphatic carbocycles. The predicted molar refractivity (Wildman–Crippen MR) is 136 cm³/mol. The van der Waals surface area contributed by atoms with Crippen molar-refractivity contribution in [3.63, 3.8) is 0 Å². The zero-order chi connectivity index (χ0) is 27.8. The zero-order valence-corrected chi connectivity index (χ0v) is 22.6. The Morgan fingerprint density at radius 2 is 1.54 bits per heavy atom. The Morgan fingerprint density at radius 3 is 2.11 bits per heavy atom. The smallest absolute Gasteiger partial charge is 0.468 e. The summed E-state index contributed by atoms with van der Waals surface area (Å²) in [5.41, 5.74) is 5.42. The van der Waals surface area contributed by atoms with Crippen LogP contribution in [0, 0.1) is 0 Å². The third-order valence-corrected chi connectivity index (χ3v) is 5.39. The quantitative estimate of drug-likeness (QED) is 0.185. The average Bonchev–Trinajstić information content (AvgIpc) is 2.83. The van der Waals surface area contributed by atoms with Gasteiger partial charge in [0.15, 0.2) is 11.5 Å². The van der Waals surface area contributed by atoms with Crippen LogP contribution in [-0.2, 0) is 35.0 Å². The van der Waals surface area contributed by atoms with E-state index in [1.165, 1.54) is 19.2 Å². The molecule has 0 amide bonds. The molecular formula is C27H41NO9. The molecule has 10 heteroatoms. The Labute approximate surface area is 219 Å². The molecule has 2 N–H and O–H groups in total. The topological polar surface area (TPSA) is 140 Å². The van der Waals surface area contributed by atoms with Crippen molar-refractivity contribution in [2.24, 2.45) is 5.73 Å². The summed E-state index contributed by atoms with van der Waals surface area (Å²) >= 11 is 0. The first-order chi connectivity index (χ1) is 17.6. The first kappa shape index (κ1) is 31.9. The van der Waals surface area contributed by atoms with Crippen molar-refractivity contribution in [3.05, 3.63) is 23.8 Å². The van der Waals surface area contributed by atoms with Crippen molar-refractivity contribution in [2.45, 2.75) is 97.1 Å². The molecule has 10 nitrogen and oxygen atoms in total. The molecule has 1 rings (SSSR count). The molecule has 37 heavy (non-hydrogen) atoms. The van der Waals surface area contributed by atoms with Crippen LogP contribution < -0.4 is 15.2 Å². The van der Waals surface area contributed by atoms with Crippen molar-refractivity contribution in [2.75, 3.05) is 13.7 Å². The first-order valence-corrected chi connectivity index (χ1v) is 12.8. The summed E-state index contributed by atoms with van der Waals surface area (Å²) in [5.74, 6) is -1.51. The minimum Gasteiger partial charge on any atom is -0.468 e. The van der Waals surface area contributed by atoms with Gasteiger partial charge in [-0.2, -0.15) is 0 Å². The molecular weight excluding hydrogens is 482 g/mol. The van der Waals surface area contributed by atoms with Gasteiger partial charge in [0, 0.05) is 25.7 Å². The molecule has 1 aromatic carbocycles. The van der Waals surface area contributed by atoms with E-state index in [-0.39, 0.29) is 43.8 Å². The van der Waals surface area contributed by atoms with Gasteiger partial charge in [-0.25, -0.2) is 4.79 Å². The average molecular weight is 524 g/mol. The summed E-state index contributed by atoms with van der Waals surface area (Å²) in [7, 11) is 1.21. The van der Waals surface area contributed by atoms with E-state index in [0.717, 1.165) is 19.3 Å². The monoisotopic (exact) mass is 523 g/mol. The summed E-state index contributed by atoms with van der Waals surface area (Å²) in [6, 6.07) is 4.60. The number of methoxy groups -OCH3 is 1. The Balaban J connectivity index is 3.08. The number of nitrogens with two attached hydrogens (primary N) is 1. The predicted octanol–water partition coefficient (Wildman–Crippen LogP) is 4.63. The van der Waals surface area contributed by atoms with Crippen LogP contribution in [-0.4, -0.2) is 49.4 Å². The van der Waals surface area contributed by atoms with E-state index in [9.17, 15) is 19.2 Å². The van der Waals surface area contributed by atoms with Crippen LogP contribution >= 0.6 is 0 Å². The Kier molecular flexibility index (Phi) is 14.3. The molecule has 0 radical (unpaired) electrons. The van der Waals surface area contributed by atoms with Gasteiger partial charge in [-0.05, 0) is 43.9 Å². The molecule has 1 aromatic rings. The lowest BCUT2D eigenvalue weighted by atomic mass is 9.86. The van der Waals surface area contributed by atoms with Gasteiger partial charge in [0.2, 0.25) is 0 Å². The van der Waals surface area contributed by atoms with E-state index in [4.69, 9.17) is 29.4 Å². The second-order valence-electron chi connectivity index (χ2n) is 8.99. The van der Waals surface area contributed by atoms with Crippen molar-refractivity contribution < 1.29 is 42.9 Å². The van der Waals surface area contributed by atoms with Gasteiger partial charge in [0.1, 0.15) is 11.6 Å². The fourth-order valence-electron chi connectivity index (χ4n) is 3.64. The number of rotatable bonds is 16. The van der Waals surface area contributed by atoms with E-state index >= 15 is 0 Å². The van der Waals surface area contributed by atoms with Crippen molar-refractivity contribution in [1.29, 1.82) is 0 Å². The highest BCUT2D eigenvalue weighted by Crippen LogP contribution is 2.32. The van der Waals surface area contributed by atoms with Gasteiger partial charge in [-0.15, -0.1) is 0 Å². The maximum Gasteiger partial charge on any atom is 0.508 e. The number of hydrogen-bond acceptors (Lipinski definition) is 10. The maximum absolute atomic E-state index is 12.7. The molecule has 0 saturated carbocycles. The second kappa shape index (κ2) is 16.6. The lowest BCUT2D eigenvalue weighted by molar-refractivity contribution is -0.148. The van der Waals surface area contributed by atoms with Crippen LogP contribution in [0.5, 0.6) is 11.5 Å². The SMILES string of the molecule is CCCCCOC(=O)O[C@@H](C)CC(N)(Cc1ccc(OC(=O)CCC)c(OC(=O)CCC)c1)C(=O)OC. The Hall–Kier alpha value is -3.14. The lowest BCUT2D eigenvalue weighted by Gasteiger charge is -2.29. The van der Waals surface area contributed by atoms with Crippen LogP contribution in [0.25, 0.3) is 0 Å². The van der Waals surface area contributed by atoms with E-state index in [1.807, 2.05) is 20.8 Å². The van der Waals surface area contributed by atoms with Crippen LogP contribution in [0.2, 0.25) is 0 Å². The molecule has 0 saturated heterocycles. The molecule has 0 spiro atoms. The summed E-state index contributed by atoms with van der Waals surface area (Å²) < 4.78 is 26.1. The van der Waals surface area contributed by atoms with Crippen LogP contribution in [0.3, 0.4) is 0 Å². The second-order valence-corrected chi connectivity index (χ2v) is 8.99. The molecule has 0 aromatic heterocycles. The number of ether oxygens (including phenoxy) is 5. The van der Waals surface area contributed by atoms with Crippen molar-refractivity contribution in [1.82, 2.24) is 0 Å². The molecule has 0 aliphatic heterocycles. The van der Waals surface area contributed by atoms with E-state index in [0.29, 0.717) is 18.4 Å². The van der Waals surface area contributed by atoms with Gasteiger partial charge in [0.05, 0.1) is 13.7 Å². The third-order valence-electron chi connectivity index (χ3n) is 5.39. The highest BCUT2D eigenvalue weighted by atomic mass is 16.7. The minimum atomic E-state index is -1.57. The number of hydrogen-bond donors (Lipinski definition) is 1. The standard InChI is InChI=1S/C27H41NO9/c1-6-9-10-15-34-26(32)35-19(4)17-27(28,25(31)33-5)18-20-13-14-21(36-23(29)11-7-2)22(16-20)37-24(30)12-8-3/h13-14,16,19H,6-12,15,17-18,28H2,1-5H3/t19-,27?/m0/s1. The molecule has 0 aliphatic rings. The van der Waals surface area contributed by atoms with Crippen molar-refractivity contribution in [3.8, 4) is 11.5 Å². The molecule has 2 atom stereocenters. The molecule has 0 fully saturated rings. The van der Waals surface area contributed by atoms with Crippen molar-refractivity contribution >= 4 is 24.1 Å². The Morgan fingerprint density at radius 1 is 0.919 bits per heavy atom. The number of carbonyl (C=O) groups excluding carboxylic acids is 4. The summed E-state index contributed by atoms with van der Waals surface area (Å²) in [5, 5.41) is 0. The van der Waals surface area contributed by atoms with E-state index in [1.54, 1.807) is 13.0 Å². The van der Waals surface area contributed by atoms with Gasteiger partial charge in [0.25, 0.3) is 0 Å². The number of carbonyl (C=O) groups is 4. The fraction of sp³-hybridized carbons (Fsp3) is 0.630. The molecule has 1 unspecified atom stereocenters. The fourth-order valence-corrected chi connectivity index (χ4v) is 3.64. The van der Waals surface area contributed by atoms with Gasteiger partial charge >= 0.3 is 24.1 Å². The van der Waals surface area contributed by atoms with Crippen LogP contribution in [0.4, 0.5) is 4.79 Å². The number of unbranched alkanes of at least 4 members (excludes halogenated alkanes) is 2. The largest absolute Gasteiger partial charge is 0.508 e. The zero-order valence-electron chi connectivity index (χ0n) is 22.6. The van der Waals surface area contributed by atoms with E-state index < -0.39 is 35.7 Å².